The molecule has 0 atom stereocenters. The van der Waals surface area contributed by atoms with Gasteiger partial charge in [0.1, 0.15) is 0 Å². The Morgan fingerprint density at radius 2 is 1.77 bits per heavy atom. The van der Waals surface area contributed by atoms with Gasteiger partial charge >= 0.3 is 0 Å². The summed E-state index contributed by atoms with van der Waals surface area (Å²) < 4.78 is 2.37. The zero-order chi connectivity index (χ0) is 14.9. The first-order valence-corrected chi connectivity index (χ1v) is 9.43. The molecule has 1 nitrogen and oxygen atoms in total. The summed E-state index contributed by atoms with van der Waals surface area (Å²) in [6, 6.07) is 11.1. The Morgan fingerprint density at radius 1 is 1.00 bits per heavy atom. The van der Waals surface area contributed by atoms with Gasteiger partial charge in [0.05, 0.1) is 0 Å². The van der Waals surface area contributed by atoms with Gasteiger partial charge in [-0.15, -0.1) is 0 Å². The molecule has 1 aromatic carbocycles. The lowest BCUT2D eigenvalue weighted by Gasteiger charge is -2.03. The molecule has 0 bridgehead atoms. The molecular weight excluding hydrogens is 310 g/mol. The highest BCUT2D eigenvalue weighted by molar-refractivity contribution is 7.98. The third kappa shape index (κ3) is 6.18. The van der Waals surface area contributed by atoms with Gasteiger partial charge in [-0.25, -0.2) is 0 Å². The molecule has 0 amide bonds. The normalized spacial score (nSPS) is 10.6. The minimum atomic E-state index is 0. The van der Waals surface area contributed by atoms with E-state index >= 15 is 0 Å². The van der Waals surface area contributed by atoms with Crippen molar-refractivity contribution in [2.75, 3.05) is 5.75 Å². The number of halogens is 1. The highest BCUT2D eigenvalue weighted by Gasteiger charge is 2.07. The van der Waals surface area contributed by atoms with Crippen LogP contribution in [-0.4, -0.2) is 5.75 Å². The zero-order valence-electron chi connectivity index (χ0n) is 13.9. The number of hydrogen-bond acceptors (Lipinski definition) is 1. The van der Waals surface area contributed by atoms with Gasteiger partial charge in [0.15, 0.2) is 12.1 Å². The molecule has 1 aromatic heterocycles. The minimum Gasteiger partial charge on any atom is -1.00 e. The molecule has 0 N–H and O–H groups in total. The molecule has 2 rings (SSSR count). The molecule has 0 aliphatic rings. The summed E-state index contributed by atoms with van der Waals surface area (Å²) >= 11 is 2.05. The van der Waals surface area contributed by atoms with Crippen LogP contribution in [0, 0.1) is 6.92 Å². The van der Waals surface area contributed by atoms with Gasteiger partial charge in [0.25, 0.3) is 0 Å². The van der Waals surface area contributed by atoms with E-state index in [2.05, 4.69) is 66.7 Å². The quantitative estimate of drug-likeness (QED) is 0.502. The molecule has 0 radical (unpaired) electrons. The standard InChI is InChI=1S/C19H28NS.ClH/c1-3-4-5-6-7-8-14-21-16-20-13-9-10-18-15-17(2)11-12-19(18)20;/h9-13,15H,3-8,14,16H2,1-2H3;1H/q+1;/p-1. The molecule has 0 unspecified atom stereocenters. The van der Waals surface area contributed by atoms with Gasteiger partial charge in [0, 0.05) is 17.5 Å². The second-order valence-corrected chi connectivity index (χ2v) is 6.92. The van der Waals surface area contributed by atoms with E-state index in [1.54, 1.807) is 0 Å². The van der Waals surface area contributed by atoms with Gasteiger partial charge in [-0.3, -0.25) is 0 Å². The van der Waals surface area contributed by atoms with Gasteiger partial charge in [0.2, 0.25) is 5.52 Å². The first-order chi connectivity index (χ1) is 10.3. The summed E-state index contributed by atoms with van der Waals surface area (Å²) in [5.41, 5.74) is 2.68. The van der Waals surface area contributed by atoms with Crippen molar-refractivity contribution in [3.8, 4) is 0 Å². The Morgan fingerprint density at radius 3 is 2.59 bits per heavy atom. The van der Waals surface area contributed by atoms with Crippen molar-refractivity contribution in [2.45, 2.75) is 58.2 Å². The molecular formula is C19H28ClNS. The van der Waals surface area contributed by atoms with E-state index < -0.39 is 0 Å². The second-order valence-electron chi connectivity index (χ2n) is 5.85. The number of aromatic nitrogens is 1. The van der Waals surface area contributed by atoms with Crippen molar-refractivity contribution in [1.29, 1.82) is 0 Å². The van der Waals surface area contributed by atoms with Gasteiger partial charge in [-0.2, -0.15) is 4.57 Å². The minimum absolute atomic E-state index is 0. The van der Waals surface area contributed by atoms with Crippen LogP contribution in [0.4, 0.5) is 0 Å². The van der Waals surface area contributed by atoms with E-state index in [9.17, 15) is 0 Å². The van der Waals surface area contributed by atoms with E-state index in [1.165, 1.54) is 60.7 Å². The highest BCUT2D eigenvalue weighted by atomic mass is 35.5. The number of fused-ring (bicyclic) bond motifs is 1. The average molecular weight is 338 g/mol. The molecule has 3 heteroatoms. The summed E-state index contributed by atoms with van der Waals surface area (Å²) in [6.07, 6.45) is 10.5. The van der Waals surface area contributed by atoms with Crippen molar-refractivity contribution in [2.24, 2.45) is 0 Å². The van der Waals surface area contributed by atoms with Crippen LogP contribution in [0.5, 0.6) is 0 Å². The van der Waals surface area contributed by atoms with Crippen molar-refractivity contribution in [3.63, 3.8) is 0 Å². The van der Waals surface area contributed by atoms with E-state index in [0.717, 1.165) is 5.88 Å². The monoisotopic (exact) mass is 337 g/mol. The van der Waals surface area contributed by atoms with Crippen LogP contribution >= 0.6 is 11.8 Å². The van der Waals surface area contributed by atoms with Crippen LogP contribution in [0.1, 0.15) is 51.0 Å². The number of benzene rings is 1. The Labute approximate surface area is 145 Å². The molecule has 122 valence electrons. The largest absolute Gasteiger partial charge is 1.00 e. The number of unbranched alkanes of at least 4 members (excludes halogenated alkanes) is 5. The number of aryl methyl sites for hydroxylation is 1. The zero-order valence-corrected chi connectivity index (χ0v) is 15.4. The van der Waals surface area contributed by atoms with E-state index in [0.29, 0.717) is 0 Å². The number of hydrogen-bond donors (Lipinski definition) is 0. The predicted molar refractivity (Wildman–Crippen MR) is 94.7 cm³/mol. The van der Waals surface area contributed by atoms with Crippen molar-refractivity contribution >= 4 is 22.7 Å². The maximum absolute atomic E-state index is 2.37. The molecule has 0 aliphatic heterocycles. The van der Waals surface area contributed by atoms with Crippen molar-refractivity contribution in [1.82, 2.24) is 0 Å². The van der Waals surface area contributed by atoms with Crippen molar-refractivity contribution in [3.05, 3.63) is 42.1 Å². The number of rotatable bonds is 9. The molecule has 0 saturated carbocycles. The lowest BCUT2D eigenvalue weighted by Crippen LogP contribution is -3.00. The Kier molecular flexibility index (Phi) is 9.58. The Hall–Kier alpha value is -0.730. The molecule has 22 heavy (non-hydrogen) atoms. The first-order valence-electron chi connectivity index (χ1n) is 8.28. The fraction of sp³-hybridized carbons (Fsp3) is 0.526. The molecule has 1 heterocycles. The Bertz CT molecular complexity index is 556. The van der Waals surface area contributed by atoms with Crippen LogP contribution < -0.4 is 17.0 Å². The van der Waals surface area contributed by atoms with E-state index in [4.69, 9.17) is 0 Å². The molecule has 0 aliphatic carbocycles. The summed E-state index contributed by atoms with van der Waals surface area (Å²) in [5, 5.41) is 1.35. The predicted octanol–water partition coefficient (Wildman–Crippen LogP) is 2.49. The van der Waals surface area contributed by atoms with Crippen LogP contribution in [-0.2, 0) is 5.88 Å². The number of nitrogens with zero attached hydrogens (tertiary/aromatic N) is 1. The van der Waals surface area contributed by atoms with Crippen LogP contribution in [0.3, 0.4) is 0 Å². The van der Waals surface area contributed by atoms with E-state index in [-0.39, 0.29) is 12.4 Å². The lowest BCUT2D eigenvalue weighted by atomic mass is 10.1. The van der Waals surface area contributed by atoms with E-state index in [1.807, 2.05) is 0 Å². The van der Waals surface area contributed by atoms with Gasteiger partial charge in [-0.05, 0) is 31.2 Å². The number of thioether (sulfide) groups is 1. The summed E-state index contributed by atoms with van der Waals surface area (Å²) in [6.45, 7) is 4.43. The fourth-order valence-corrected chi connectivity index (χ4v) is 3.62. The van der Waals surface area contributed by atoms with Crippen LogP contribution in [0.15, 0.2) is 36.5 Å². The summed E-state index contributed by atoms with van der Waals surface area (Å²) in [4.78, 5) is 0. The topological polar surface area (TPSA) is 3.88 Å². The first kappa shape index (κ1) is 19.3. The molecule has 2 aromatic rings. The molecule has 0 spiro atoms. The maximum atomic E-state index is 2.37. The van der Waals surface area contributed by atoms with Crippen LogP contribution in [0.2, 0.25) is 0 Å². The smallest absolute Gasteiger partial charge is 0.213 e. The third-order valence-corrected chi connectivity index (χ3v) is 4.94. The summed E-state index contributed by atoms with van der Waals surface area (Å²) in [7, 11) is 0. The average Bonchev–Trinajstić information content (AvgIpc) is 2.49. The number of pyridine rings is 1. The van der Waals surface area contributed by atoms with Crippen molar-refractivity contribution < 1.29 is 17.0 Å². The van der Waals surface area contributed by atoms with Gasteiger partial charge in [-0.1, -0.05) is 62.4 Å². The fourth-order valence-electron chi connectivity index (χ4n) is 2.66. The van der Waals surface area contributed by atoms with Crippen LogP contribution in [0.25, 0.3) is 10.9 Å². The third-order valence-electron chi connectivity index (χ3n) is 3.91. The Balaban J connectivity index is 0.00000242. The molecule has 0 fully saturated rings. The molecule has 0 saturated heterocycles. The highest BCUT2D eigenvalue weighted by Crippen LogP contribution is 2.14. The van der Waals surface area contributed by atoms with Gasteiger partial charge < -0.3 is 12.4 Å². The summed E-state index contributed by atoms with van der Waals surface area (Å²) in [5.74, 6) is 2.34. The maximum Gasteiger partial charge on any atom is 0.213 e. The second kappa shape index (κ2) is 10.9. The SMILES string of the molecule is CCCCCCCCSC[n+]1cccc2cc(C)ccc21.[Cl-]. The lowest BCUT2D eigenvalue weighted by molar-refractivity contribution is -0.649.